The van der Waals surface area contributed by atoms with Gasteiger partial charge in [0.1, 0.15) is 0 Å². The van der Waals surface area contributed by atoms with E-state index in [1.807, 2.05) is 26.0 Å². The second-order valence-corrected chi connectivity index (χ2v) is 7.40. The average molecular weight is 360 g/mol. The van der Waals surface area contributed by atoms with E-state index in [9.17, 15) is 18.0 Å². The first-order chi connectivity index (χ1) is 11.7. The largest absolute Gasteiger partial charge is 0.326 e. The number of anilines is 1. The molecule has 0 spiro atoms. The van der Waals surface area contributed by atoms with Gasteiger partial charge in [0.25, 0.3) is 0 Å². The molecule has 0 aromatic heterocycles. The first-order valence-corrected chi connectivity index (χ1v) is 9.24. The number of aryl methyl sites for hydroxylation is 2. The number of nitrogens with two attached hydrogens (primary N) is 1. The van der Waals surface area contributed by atoms with Crippen molar-refractivity contribution >= 4 is 27.4 Å². The van der Waals surface area contributed by atoms with Crippen LogP contribution in [0.4, 0.5) is 5.69 Å². The van der Waals surface area contributed by atoms with Crippen molar-refractivity contribution in [3.8, 4) is 0 Å². The molecule has 0 heterocycles. The van der Waals surface area contributed by atoms with Gasteiger partial charge in [0.05, 0.1) is 4.90 Å². The number of hydrogen-bond donors (Lipinski definition) is 2. The Kier molecular flexibility index (Phi) is 5.71. The van der Waals surface area contributed by atoms with E-state index in [0.29, 0.717) is 11.3 Å². The summed E-state index contributed by atoms with van der Waals surface area (Å²) >= 11 is 0. The summed E-state index contributed by atoms with van der Waals surface area (Å²) in [6.45, 7) is 3.90. The van der Waals surface area contributed by atoms with Crippen molar-refractivity contribution in [2.75, 3.05) is 5.32 Å². The summed E-state index contributed by atoms with van der Waals surface area (Å²) in [5, 5.41) is 7.63. The van der Waals surface area contributed by atoms with Crippen LogP contribution >= 0.6 is 0 Å². The van der Waals surface area contributed by atoms with Crippen LogP contribution in [0, 0.1) is 13.8 Å². The summed E-state index contributed by atoms with van der Waals surface area (Å²) in [5.41, 5.74) is 3.17. The second-order valence-electron chi connectivity index (χ2n) is 5.84. The van der Waals surface area contributed by atoms with Gasteiger partial charge in [-0.05, 0) is 55.3 Å². The summed E-state index contributed by atoms with van der Waals surface area (Å²) in [6, 6.07) is 11.0. The normalized spacial score (nSPS) is 11.2. The van der Waals surface area contributed by atoms with Gasteiger partial charge in [0, 0.05) is 24.1 Å². The standard InChI is InChI=1S/C18H20N2O4S/c1-12-3-4-14(11-13(12)2)17(21)9-10-18(22)20-15-5-7-16(8-6-15)25(19,23)24/h3-8,11H,9-10H2,1-2H3,(H,20,22)(H2,19,23,24). The first-order valence-electron chi connectivity index (χ1n) is 7.70. The lowest BCUT2D eigenvalue weighted by Crippen LogP contribution is -2.14. The zero-order valence-corrected chi connectivity index (χ0v) is 14.9. The first kappa shape index (κ1) is 18.8. The molecule has 0 atom stereocenters. The third-order valence-electron chi connectivity index (χ3n) is 3.87. The Morgan fingerprint density at radius 2 is 1.60 bits per heavy atom. The fraction of sp³-hybridized carbons (Fsp3) is 0.222. The molecule has 6 nitrogen and oxygen atoms in total. The quantitative estimate of drug-likeness (QED) is 0.772. The predicted octanol–water partition coefficient (Wildman–Crippen LogP) is 2.55. The highest BCUT2D eigenvalue weighted by atomic mass is 32.2. The third-order valence-corrected chi connectivity index (χ3v) is 4.80. The molecule has 7 heteroatoms. The number of ketones is 1. The summed E-state index contributed by atoms with van der Waals surface area (Å²) in [5.74, 6) is -0.414. The minimum atomic E-state index is -3.76. The second kappa shape index (κ2) is 7.58. The monoisotopic (exact) mass is 360 g/mol. The van der Waals surface area contributed by atoms with Gasteiger partial charge < -0.3 is 5.32 Å². The number of benzene rings is 2. The van der Waals surface area contributed by atoms with E-state index in [0.717, 1.165) is 11.1 Å². The maximum atomic E-state index is 12.2. The molecule has 0 bridgehead atoms. The van der Waals surface area contributed by atoms with E-state index < -0.39 is 10.0 Å². The number of sulfonamides is 1. The Morgan fingerprint density at radius 1 is 0.960 bits per heavy atom. The molecule has 0 fully saturated rings. The predicted molar refractivity (Wildman–Crippen MR) is 95.9 cm³/mol. The van der Waals surface area contributed by atoms with Crippen LogP contribution in [-0.2, 0) is 14.8 Å². The lowest BCUT2D eigenvalue weighted by molar-refractivity contribution is -0.116. The summed E-state index contributed by atoms with van der Waals surface area (Å²) in [6.07, 6.45) is 0.145. The number of nitrogens with one attached hydrogen (secondary N) is 1. The zero-order chi connectivity index (χ0) is 18.6. The molecule has 132 valence electrons. The van der Waals surface area contributed by atoms with E-state index in [2.05, 4.69) is 5.32 Å². The van der Waals surface area contributed by atoms with Crippen LogP contribution in [-0.4, -0.2) is 20.1 Å². The van der Waals surface area contributed by atoms with E-state index in [1.54, 1.807) is 6.07 Å². The Bertz CT molecular complexity index is 903. The average Bonchev–Trinajstić information content (AvgIpc) is 2.55. The molecule has 3 N–H and O–H groups in total. The van der Waals surface area contributed by atoms with Crippen molar-refractivity contribution in [3.05, 3.63) is 59.2 Å². The van der Waals surface area contributed by atoms with E-state index >= 15 is 0 Å². The van der Waals surface area contributed by atoms with Crippen LogP contribution in [0.25, 0.3) is 0 Å². The lowest BCUT2D eigenvalue weighted by Gasteiger charge is -2.07. The fourth-order valence-corrected chi connectivity index (χ4v) is 2.75. The molecular formula is C18H20N2O4S. The molecule has 0 saturated carbocycles. The number of rotatable bonds is 6. The topological polar surface area (TPSA) is 106 Å². The van der Waals surface area contributed by atoms with Gasteiger partial charge in [-0.3, -0.25) is 9.59 Å². The van der Waals surface area contributed by atoms with Crippen LogP contribution in [0.15, 0.2) is 47.4 Å². The zero-order valence-electron chi connectivity index (χ0n) is 14.1. The van der Waals surface area contributed by atoms with Crippen molar-refractivity contribution in [2.45, 2.75) is 31.6 Å². The fourth-order valence-electron chi connectivity index (χ4n) is 2.24. The van der Waals surface area contributed by atoms with Gasteiger partial charge in [-0.25, -0.2) is 13.6 Å². The van der Waals surface area contributed by atoms with Crippen molar-refractivity contribution in [3.63, 3.8) is 0 Å². The minimum absolute atomic E-state index is 0.0320. The SMILES string of the molecule is Cc1ccc(C(=O)CCC(=O)Nc2ccc(S(N)(=O)=O)cc2)cc1C. The molecule has 0 unspecified atom stereocenters. The van der Waals surface area contributed by atoms with Crippen molar-refractivity contribution in [1.29, 1.82) is 0 Å². The van der Waals surface area contributed by atoms with Crippen LogP contribution in [0.3, 0.4) is 0 Å². The van der Waals surface area contributed by atoms with Crippen molar-refractivity contribution in [1.82, 2.24) is 0 Å². The summed E-state index contributed by atoms with van der Waals surface area (Å²) < 4.78 is 22.4. The van der Waals surface area contributed by atoms with Gasteiger partial charge in [-0.1, -0.05) is 12.1 Å². The molecular weight excluding hydrogens is 340 g/mol. The molecule has 0 aliphatic carbocycles. The van der Waals surface area contributed by atoms with Gasteiger partial charge >= 0.3 is 0 Å². The Morgan fingerprint density at radius 3 is 2.16 bits per heavy atom. The molecule has 2 aromatic rings. The van der Waals surface area contributed by atoms with Crippen LogP contribution in [0.5, 0.6) is 0 Å². The van der Waals surface area contributed by atoms with Gasteiger partial charge in [-0.15, -0.1) is 0 Å². The number of carbonyl (C=O) groups excluding carboxylic acids is 2. The molecule has 0 aliphatic rings. The minimum Gasteiger partial charge on any atom is -0.326 e. The molecule has 0 saturated heterocycles. The summed E-state index contributed by atoms with van der Waals surface area (Å²) in [4.78, 5) is 24.1. The molecule has 0 radical (unpaired) electrons. The molecule has 0 aliphatic heterocycles. The van der Waals surface area contributed by atoms with E-state index in [-0.39, 0.29) is 29.4 Å². The van der Waals surface area contributed by atoms with Crippen molar-refractivity contribution < 1.29 is 18.0 Å². The van der Waals surface area contributed by atoms with Gasteiger partial charge in [0.15, 0.2) is 5.78 Å². The Hall–Kier alpha value is -2.51. The number of amides is 1. The maximum absolute atomic E-state index is 12.2. The molecule has 2 aromatic carbocycles. The smallest absolute Gasteiger partial charge is 0.238 e. The summed E-state index contributed by atoms with van der Waals surface area (Å²) in [7, 11) is -3.76. The van der Waals surface area contributed by atoms with Crippen molar-refractivity contribution in [2.24, 2.45) is 5.14 Å². The highest BCUT2D eigenvalue weighted by Gasteiger charge is 2.11. The van der Waals surface area contributed by atoms with E-state index in [4.69, 9.17) is 5.14 Å². The third kappa shape index (κ3) is 5.23. The highest BCUT2D eigenvalue weighted by molar-refractivity contribution is 7.89. The highest BCUT2D eigenvalue weighted by Crippen LogP contribution is 2.15. The van der Waals surface area contributed by atoms with Gasteiger partial charge in [-0.2, -0.15) is 0 Å². The van der Waals surface area contributed by atoms with Crippen LogP contribution in [0.1, 0.15) is 34.3 Å². The molecule has 1 amide bonds. The molecule has 2 rings (SSSR count). The van der Waals surface area contributed by atoms with E-state index in [1.165, 1.54) is 24.3 Å². The van der Waals surface area contributed by atoms with Crippen LogP contribution < -0.4 is 10.5 Å². The lowest BCUT2D eigenvalue weighted by atomic mass is 10.0. The number of hydrogen-bond acceptors (Lipinski definition) is 4. The Labute approximate surface area is 147 Å². The number of primary sulfonamides is 1. The Balaban J connectivity index is 1.92. The molecule has 25 heavy (non-hydrogen) atoms. The number of Topliss-reactive ketones (excluding diaryl/α,β-unsaturated/α-hetero) is 1. The van der Waals surface area contributed by atoms with Crippen LogP contribution in [0.2, 0.25) is 0 Å². The maximum Gasteiger partial charge on any atom is 0.238 e. The number of carbonyl (C=O) groups is 2. The van der Waals surface area contributed by atoms with Gasteiger partial charge in [0.2, 0.25) is 15.9 Å².